The van der Waals surface area contributed by atoms with Crippen LogP contribution in [-0.2, 0) is 4.79 Å². The maximum atomic E-state index is 12.5. The van der Waals surface area contributed by atoms with Crippen molar-refractivity contribution in [2.24, 2.45) is 5.73 Å². The lowest BCUT2D eigenvalue weighted by Crippen LogP contribution is -2.50. The Morgan fingerprint density at radius 3 is 2.42 bits per heavy atom. The first-order valence-electron chi connectivity index (χ1n) is 7.98. The number of hydrogen-bond acceptors (Lipinski definition) is 4. The van der Waals surface area contributed by atoms with Gasteiger partial charge in [-0.3, -0.25) is 9.59 Å². The molecular formula is C17H26ClN3O3. The van der Waals surface area contributed by atoms with Crippen LogP contribution >= 0.6 is 12.4 Å². The molecule has 1 aliphatic heterocycles. The van der Waals surface area contributed by atoms with Crippen LogP contribution in [0, 0.1) is 0 Å². The average Bonchev–Trinajstić information content (AvgIpc) is 2.59. The molecule has 6 nitrogen and oxygen atoms in total. The first-order chi connectivity index (χ1) is 11.0. The van der Waals surface area contributed by atoms with Crippen molar-refractivity contribution < 1.29 is 14.3 Å². The van der Waals surface area contributed by atoms with E-state index >= 15 is 0 Å². The molecule has 1 unspecified atom stereocenters. The molecule has 1 aliphatic rings. The van der Waals surface area contributed by atoms with Crippen LogP contribution in [0.4, 0.5) is 0 Å². The Morgan fingerprint density at radius 1 is 1.21 bits per heavy atom. The van der Waals surface area contributed by atoms with Crippen LogP contribution in [0.25, 0.3) is 0 Å². The Kier molecular flexibility index (Phi) is 8.01. The van der Waals surface area contributed by atoms with Gasteiger partial charge in [-0.1, -0.05) is 6.07 Å². The number of hydrogen-bond donors (Lipinski definition) is 1. The van der Waals surface area contributed by atoms with E-state index in [9.17, 15) is 9.59 Å². The average molecular weight is 356 g/mol. The van der Waals surface area contributed by atoms with E-state index in [0.29, 0.717) is 50.3 Å². The highest BCUT2D eigenvalue weighted by Gasteiger charge is 2.24. The standard InChI is InChI=1S/C17H25N3O3.ClH/c1-13(18)6-7-16(21)19-8-10-20(11-9-19)17(22)14-4-3-5-15(12-14)23-2;/h3-5,12-13H,6-11,18H2,1-2H3;1H. The summed E-state index contributed by atoms with van der Waals surface area (Å²) in [5.74, 6) is 0.767. The zero-order valence-electron chi connectivity index (χ0n) is 14.2. The highest BCUT2D eigenvalue weighted by Crippen LogP contribution is 2.16. The van der Waals surface area contributed by atoms with Gasteiger partial charge in [-0.15, -0.1) is 12.4 Å². The van der Waals surface area contributed by atoms with Crippen LogP contribution in [0.15, 0.2) is 24.3 Å². The van der Waals surface area contributed by atoms with Gasteiger partial charge in [0.15, 0.2) is 0 Å². The maximum absolute atomic E-state index is 12.5. The molecule has 2 amide bonds. The molecule has 0 bridgehead atoms. The third-order valence-corrected chi connectivity index (χ3v) is 4.05. The van der Waals surface area contributed by atoms with Crippen molar-refractivity contribution in [1.82, 2.24) is 9.80 Å². The lowest BCUT2D eigenvalue weighted by atomic mass is 10.1. The number of ether oxygens (including phenoxy) is 1. The van der Waals surface area contributed by atoms with E-state index in [1.165, 1.54) is 0 Å². The molecule has 1 heterocycles. The first-order valence-corrected chi connectivity index (χ1v) is 7.98. The van der Waals surface area contributed by atoms with Crippen molar-refractivity contribution in [2.75, 3.05) is 33.3 Å². The minimum absolute atomic E-state index is 0. The molecule has 1 saturated heterocycles. The Morgan fingerprint density at radius 2 is 1.83 bits per heavy atom. The van der Waals surface area contributed by atoms with Crippen molar-refractivity contribution in [3.63, 3.8) is 0 Å². The van der Waals surface area contributed by atoms with E-state index in [1.807, 2.05) is 17.9 Å². The summed E-state index contributed by atoms with van der Waals surface area (Å²) in [5, 5.41) is 0. The molecule has 1 fully saturated rings. The van der Waals surface area contributed by atoms with Gasteiger partial charge < -0.3 is 20.3 Å². The van der Waals surface area contributed by atoms with Crippen LogP contribution in [0.1, 0.15) is 30.1 Å². The summed E-state index contributed by atoms with van der Waals surface area (Å²) in [6.07, 6.45) is 1.17. The number of nitrogens with two attached hydrogens (primary N) is 1. The molecule has 0 saturated carbocycles. The van der Waals surface area contributed by atoms with Gasteiger partial charge in [-0.2, -0.15) is 0 Å². The van der Waals surface area contributed by atoms with Crippen molar-refractivity contribution in [1.29, 1.82) is 0 Å². The summed E-state index contributed by atoms with van der Waals surface area (Å²) in [5.41, 5.74) is 6.30. The topological polar surface area (TPSA) is 75.9 Å². The molecule has 0 aromatic heterocycles. The van der Waals surface area contributed by atoms with Gasteiger partial charge in [-0.05, 0) is 31.5 Å². The highest BCUT2D eigenvalue weighted by molar-refractivity contribution is 5.94. The van der Waals surface area contributed by atoms with Gasteiger partial charge in [0, 0.05) is 44.2 Å². The van der Waals surface area contributed by atoms with Gasteiger partial charge in [0.25, 0.3) is 5.91 Å². The minimum Gasteiger partial charge on any atom is -0.497 e. The number of benzene rings is 1. The smallest absolute Gasteiger partial charge is 0.254 e. The number of piperazine rings is 1. The summed E-state index contributed by atoms with van der Waals surface area (Å²) in [7, 11) is 1.58. The van der Waals surface area contributed by atoms with Gasteiger partial charge in [0.1, 0.15) is 5.75 Å². The SMILES string of the molecule is COc1cccc(C(=O)N2CCN(C(=O)CCC(C)N)CC2)c1.Cl. The predicted molar refractivity (Wildman–Crippen MR) is 95.6 cm³/mol. The molecule has 134 valence electrons. The predicted octanol–water partition coefficient (Wildman–Crippen LogP) is 1.53. The van der Waals surface area contributed by atoms with Crippen LogP contribution in [0.5, 0.6) is 5.75 Å². The number of amides is 2. The van der Waals surface area contributed by atoms with Gasteiger partial charge in [-0.25, -0.2) is 0 Å². The second kappa shape index (κ2) is 9.49. The number of rotatable bonds is 5. The third-order valence-electron chi connectivity index (χ3n) is 4.05. The van der Waals surface area contributed by atoms with E-state index in [4.69, 9.17) is 10.5 Å². The zero-order chi connectivity index (χ0) is 16.8. The van der Waals surface area contributed by atoms with Gasteiger partial charge in [0.05, 0.1) is 7.11 Å². The highest BCUT2D eigenvalue weighted by atomic mass is 35.5. The van der Waals surface area contributed by atoms with Crippen LogP contribution < -0.4 is 10.5 Å². The quantitative estimate of drug-likeness (QED) is 0.869. The Hall–Kier alpha value is -1.79. The van der Waals surface area contributed by atoms with E-state index < -0.39 is 0 Å². The fraction of sp³-hybridized carbons (Fsp3) is 0.529. The number of carbonyl (C=O) groups excluding carboxylic acids is 2. The normalized spacial score (nSPS) is 15.5. The Labute approximate surface area is 149 Å². The molecular weight excluding hydrogens is 330 g/mol. The van der Waals surface area contributed by atoms with E-state index in [0.717, 1.165) is 0 Å². The third kappa shape index (κ3) is 5.39. The second-order valence-corrected chi connectivity index (χ2v) is 5.92. The molecule has 2 rings (SSSR count). The number of carbonyl (C=O) groups is 2. The van der Waals surface area contributed by atoms with E-state index in [-0.39, 0.29) is 30.3 Å². The Balaban J connectivity index is 0.00000288. The summed E-state index contributed by atoms with van der Waals surface area (Å²) >= 11 is 0. The zero-order valence-corrected chi connectivity index (χ0v) is 15.1. The second-order valence-electron chi connectivity index (χ2n) is 5.92. The van der Waals surface area contributed by atoms with Gasteiger partial charge >= 0.3 is 0 Å². The number of methoxy groups -OCH3 is 1. The molecule has 2 N–H and O–H groups in total. The molecule has 1 aromatic carbocycles. The molecule has 24 heavy (non-hydrogen) atoms. The number of nitrogens with zero attached hydrogens (tertiary/aromatic N) is 2. The summed E-state index contributed by atoms with van der Waals surface area (Å²) in [4.78, 5) is 28.2. The van der Waals surface area contributed by atoms with Crippen molar-refractivity contribution in [3.8, 4) is 5.75 Å². The lowest BCUT2D eigenvalue weighted by molar-refractivity contribution is -0.132. The van der Waals surface area contributed by atoms with E-state index in [2.05, 4.69) is 0 Å². The summed E-state index contributed by atoms with van der Waals surface area (Å²) < 4.78 is 5.15. The molecule has 0 aliphatic carbocycles. The molecule has 0 radical (unpaired) electrons. The van der Waals surface area contributed by atoms with Gasteiger partial charge in [0.2, 0.25) is 5.91 Å². The summed E-state index contributed by atoms with van der Waals surface area (Å²) in [6, 6.07) is 7.17. The van der Waals surface area contributed by atoms with Crippen LogP contribution in [-0.4, -0.2) is 60.9 Å². The molecule has 7 heteroatoms. The lowest BCUT2D eigenvalue weighted by Gasteiger charge is -2.35. The first kappa shape index (κ1) is 20.3. The maximum Gasteiger partial charge on any atom is 0.254 e. The Bertz CT molecular complexity index is 558. The summed E-state index contributed by atoms with van der Waals surface area (Å²) in [6.45, 7) is 4.17. The fourth-order valence-electron chi connectivity index (χ4n) is 2.61. The van der Waals surface area contributed by atoms with Crippen molar-refractivity contribution >= 4 is 24.2 Å². The fourth-order valence-corrected chi connectivity index (χ4v) is 2.61. The molecule has 1 atom stereocenters. The van der Waals surface area contributed by atoms with E-state index in [1.54, 1.807) is 30.2 Å². The van der Waals surface area contributed by atoms with Crippen LogP contribution in [0.2, 0.25) is 0 Å². The number of halogens is 1. The largest absolute Gasteiger partial charge is 0.497 e. The van der Waals surface area contributed by atoms with Crippen LogP contribution in [0.3, 0.4) is 0 Å². The minimum atomic E-state index is -0.0217. The van der Waals surface area contributed by atoms with Crippen molar-refractivity contribution in [3.05, 3.63) is 29.8 Å². The molecule has 0 spiro atoms. The van der Waals surface area contributed by atoms with Crippen molar-refractivity contribution in [2.45, 2.75) is 25.8 Å². The molecule has 1 aromatic rings. The monoisotopic (exact) mass is 355 g/mol.